The first-order valence-electron chi connectivity index (χ1n) is 14.2. The van der Waals surface area contributed by atoms with E-state index in [0.717, 1.165) is 12.8 Å². The molecule has 0 radical (unpaired) electrons. The maximum absolute atomic E-state index is 12.1. The normalized spacial score (nSPS) is 10.6. The average molecular weight is 637 g/mol. The lowest BCUT2D eigenvalue weighted by Gasteiger charge is -2.12. The zero-order valence-electron chi connectivity index (χ0n) is 26.5. The van der Waals surface area contributed by atoms with E-state index in [2.05, 4.69) is 29.2 Å². The van der Waals surface area contributed by atoms with E-state index in [1.165, 1.54) is 44.0 Å². The molecule has 12 heteroatoms. The third kappa shape index (κ3) is 16.1. The van der Waals surface area contributed by atoms with Crippen LogP contribution >= 0.6 is 0 Å². The van der Waals surface area contributed by atoms with E-state index in [1.807, 2.05) is 32.8 Å². The molecule has 1 atom stereocenters. The number of carbonyl (C=O) groups excluding carboxylic acids is 2. The predicted molar refractivity (Wildman–Crippen MR) is 169 cm³/mol. The summed E-state index contributed by atoms with van der Waals surface area (Å²) < 4.78 is 50.4. The Bertz CT molecular complexity index is 1270. The minimum Gasteiger partial charge on any atom is -0.493 e. The second-order valence-corrected chi connectivity index (χ2v) is 8.98. The highest BCUT2D eigenvalue weighted by Gasteiger charge is 2.30. The number of benzene rings is 3. The van der Waals surface area contributed by atoms with Crippen molar-refractivity contribution in [3.63, 3.8) is 0 Å². The van der Waals surface area contributed by atoms with E-state index < -0.39 is 12.3 Å². The van der Waals surface area contributed by atoms with Crippen LogP contribution in [0.15, 0.2) is 66.7 Å². The summed E-state index contributed by atoms with van der Waals surface area (Å²) in [6.07, 6.45) is -2.49. The molecule has 0 unspecified atom stereocenters. The van der Waals surface area contributed by atoms with Gasteiger partial charge >= 0.3 is 12.3 Å². The van der Waals surface area contributed by atoms with Gasteiger partial charge in [-0.25, -0.2) is 0 Å². The molecule has 0 bridgehead atoms. The smallest absolute Gasteiger partial charge is 0.493 e. The lowest BCUT2D eigenvalue weighted by Crippen LogP contribution is -2.25. The number of amides is 1. The summed E-state index contributed by atoms with van der Waals surface area (Å²) in [7, 11) is 3.05. The van der Waals surface area contributed by atoms with Crippen molar-refractivity contribution in [2.75, 3.05) is 26.1 Å². The Balaban J connectivity index is 0.000000782. The molecule has 9 nitrogen and oxygen atoms in total. The van der Waals surface area contributed by atoms with Crippen LogP contribution in [0.25, 0.3) is 0 Å². The third-order valence-corrected chi connectivity index (χ3v) is 5.85. The number of carboxylic acid groups (broad SMARTS) is 1. The van der Waals surface area contributed by atoms with Gasteiger partial charge in [-0.05, 0) is 66.4 Å². The highest BCUT2D eigenvalue weighted by molar-refractivity contribution is 5.94. The van der Waals surface area contributed by atoms with Crippen molar-refractivity contribution in [1.29, 1.82) is 0 Å². The Morgan fingerprint density at radius 2 is 1.44 bits per heavy atom. The van der Waals surface area contributed by atoms with Gasteiger partial charge in [0.05, 0.1) is 20.6 Å². The Hall–Kier alpha value is -4.74. The quantitative estimate of drug-likeness (QED) is 0.183. The van der Waals surface area contributed by atoms with Crippen LogP contribution in [-0.2, 0) is 9.59 Å². The fraction of sp³-hybridized carbons (Fsp3) is 0.364. The molecule has 3 aromatic carbocycles. The molecule has 0 aliphatic carbocycles. The van der Waals surface area contributed by atoms with Crippen LogP contribution in [0.4, 0.5) is 24.5 Å². The maximum atomic E-state index is 12.1. The van der Waals surface area contributed by atoms with Gasteiger partial charge in [-0.2, -0.15) is 0 Å². The number of carbonyl (C=O) groups is 3. The van der Waals surface area contributed by atoms with Crippen molar-refractivity contribution in [3.05, 3.63) is 77.9 Å². The van der Waals surface area contributed by atoms with Crippen LogP contribution < -0.4 is 24.8 Å². The zero-order valence-corrected chi connectivity index (χ0v) is 26.5. The van der Waals surface area contributed by atoms with Gasteiger partial charge in [0.2, 0.25) is 0 Å². The van der Waals surface area contributed by atoms with Gasteiger partial charge in [0.1, 0.15) is 12.5 Å². The van der Waals surface area contributed by atoms with Crippen molar-refractivity contribution < 1.29 is 46.9 Å². The Morgan fingerprint density at radius 1 is 0.889 bits per heavy atom. The number of aliphatic carboxylic acids is 1. The number of nitrogens with one attached hydrogen (secondary N) is 2. The molecule has 3 aromatic rings. The topological polar surface area (TPSA) is 123 Å². The number of ether oxygens (including phenoxy) is 3. The molecule has 0 aromatic heterocycles. The Kier molecular flexibility index (Phi) is 19.6. The van der Waals surface area contributed by atoms with Gasteiger partial charge in [-0.3, -0.25) is 9.59 Å². The van der Waals surface area contributed by atoms with Gasteiger partial charge in [-0.1, -0.05) is 46.2 Å². The van der Waals surface area contributed by atoms with Crippen molar-refractivity contribution >= 4 is 30.0 Å². The summed E-state index contributed by atoms with van der Waals surface area (Å²) in [4.78, 5) is 30.1. The van der Waals surface area contributed by atoms with E-state index in [0.29, 0.717) is 34.4 Å². The molecule has 0 aliphatic heterocycles. The molecule has 0 aliphatic rings. The fourth-order valence-electron chi connectivity index (χ4n) is 3.77. The van der Waals surface area contributed by atoms with Crippen LogP contribution in [0.1, 0.15) is 68.8 Å². The van der Waals surface area contributed by atoms with Crippen LogP contribution in [0.2, 0.25) is 0 Å². The van der Waals surface area contributed by atoms with Crippen LogP contribution in [0.3, 0.4) is 0 Å². The van der Waals surface area contributed by atoms with Gasteiger partial charge in [0, 0.05) is 29.5 Å². The van der Waals surface area contributed by atoms with Gasteiger partial charge in [-0.15, -0.1) is 13.2 Å². The van der Waals surface area contributed by atoms with Crippen molar-refractivity contribution in [1.82, 2.24) is 5.32 Å². The summed E-state index contributed by atoms with van der Waals surface area (Å²) in [5, 5.41) is 14.1. The van der Waals surface area contributed by atoms with Crippen molar-refractivity contribution in [2.24, 2.45) is 0 Å². The lowest BCUT2D eigenvalue weighted by molar-refractivity contribution is -0.274. The fourth-order valence-corrected chi connectivity index (χ4v) is 3.77. The first-order chi connectivity index (χ1) is 21.4. The highest BCUT2D eigenvalue weighted by Crippen LogP contribution is 2.32. The van der Waals surface area contributed by atoms with Gasteiger partial charge in [0.15, 0.2) is 11.5 Å². The summed E-state index contributed by atoms with van der Waals surface area (Å²) in [5.74, 6) is 0.214. The standard InChI is InChI=1S/C15H14F3NO3.C15H21NO3.C2H6.CH2O/c1-20-13-8-5-11(9-14(13)21-2)19-10-3-6-12(7-4-10)22-15(16,17)18;1-3-4-11(2)12-5-7-13(8-6-12)15(19)16-10-9-14(17)18;2*1-2/h3-9,19H,1-2H3;5-8,11H,3-4,9-10H2,1-2H3,(H,16,19)(H,17,18);1-2H3;1H2/t;11-;;/m.0../s1. The molecule has 1 amide bonds. The molecule has 3 rings (SSSR count). The number of anilines is 2. The number of hydrogen-bond donors (Lipinski definition) is 3. The highest BCUT2D eigenvalue weighted by atomic mass is 19.4. The SMILES string of the molecule is C=O.CC.CCC[C@H](C)c1ccc(C(=O)NCCC(=O)O)cc1.COc1ccc(Nc2ccc(OC(F)(F)F)cc2)cc1OC. The number of alkyl halides is 3. The Morgan fingerprint density at radius 3 is 1.93 bits per heavy atom. The number of carboxylic acids is 1. The second kappa shape index (κ2) is 21.9. The molecule has 248 valence electrons. The monoisotopic (exact) mass is 636 g/mol. The van der Waals surface area contributed by atoms with Crippen LogP contribution in [0, 0.1) is 0 Å². The number of halogens is 3. The second-order valence-electron chi connectivity index (χ2n) is 8.98. The maximum Gasteiger partial charge on any atom is 0.573 e. The van der Waals surface area contributed by atoms with E-state index in [4.69, 9.17) is 19.4 Å². The van der Waals surface area contributed by atoms with E-state index in [1.54, 1.807) is 30.3 Å². The van der Waals surface area contributed by atoms with Gasteiger partial charge in [0.25, 0.3) is 5.91 Å². The molecular formula is C33H43F3N2O7. The molecule has 0 heterocycles. The van der Waals surface area contributed by atoms with Gasteiger partial charge < -0.3 is 34.7 Å². The van der Waals surface area contributed by atoms with Crippen molar-refractivity contribution in [2.45, 2.75) is 59.2 Å². The van der Waals surface area contributed by atoms with Crippen LogP contribution in [-0.4, -0.2) is 50.9 Å². The predicted octanol–water partition coefficient (Wildman–Crippen LogP) is 7.98. The third-order valence-electron chi connectivity index (χ3n) is 5.85. The molecule has 0 saturated carbocycles. The molecular weight excluding hydrogens is 593 g/mol. The molecule has 0 spiro atoms. The summed E-state index contributed by atoms with van der Waals surface area (Å²) in [6, 6.07) is 18.2. The molecule has 45 heavy (non-hydrogen) atoms. The van der Waals surface area contributed by atoms with E-state index in [9.17, 15) is 22.8 Å². The summed E-state index contributed by atoms with van der Waals surface area (Å²) in [5.41, 5.74) is 3.12. The largest absolute Gasteiger partial charge is 0.573 e. The molecule has 0 saturated heterocycles. The van der Waals surface area contributed by atoms with E-state index >= 15 is 0 Å². The first-order valence-corrected chi connectivity index (χ1v) is 14.2. The minimum atomic E-state index is -4.70. The number of rotatable bonds is 12. The van der Waals surface area contributed by atoms with Crippen LogP contribution in [0.5, 0.6) is 17.2 Å². The minimum absolute atomic E-state index is 0.0582. The lowest BCUT2D eigenvalue weighted by atomic mass is 9.95. The Labute approximate surface area is 262 Å². The van der Waals surface area contributed by atoms with E-state index in [-0.39, 0.29) is 24.6 Å². The molecule has 0 fully saturated rings. The zero-order chi connectivity index (χ0) is 34.4. The first kappa shape index (κ1) is 40.3. The molecule has 3 N–H and O–H groups in total. The number of methoxy groups -OCH3 is 2. The number of hydrogen-bond acceptors (Lipinski definition) is 7. The van der Waals surface area contributed by atoms with Crippen molar-refractivity contribution in [3.8, 4) is 17.2 Å². The summed E-state index contributed by atoms with van der Waals surface area (Å²) in [6.45, 7) is 10.5. The average Bonchev–Trinajstić information content (AvgIpc) is 3.03. The summed E-state index contributed by atoms with van der Waals surface area (Å²) >= 11 is 0.